The summed E-state index contributed by atoms with van der Waals surface area (Å²) in [5, 5.41) is 11.2. The van der Waals surface area contributed by atoms with Crippen molar-refractivity contribution >= 4 is 23.5 Å². The van der Waals surface area contributed by atoms with Crippen molar-refractivity contribution in [2.75, 3.05) is 5.88 Å². The number of nitrogens with one attached hydrogen (secondary N) is 1. The van der Waals surface area contributed by atoms with Crippen LogP contribution in [0.3, 0.4) is 0 Å². The largest absolute Gasteiger partial charge is 0.481 e. The maximum absolute atomic E-state index is 10.9. The zero-order chi connectivity index (χ0) is 12.0. The molecular formula is C11H12ClNO3. The van der Waals surface area contributed by atoms with Gasteiger partial charge >= 0.3 is 5.97 Å². The number of hydrogen-bond acceptors (Lipinski definition) is 2. The molecule has 5 heteroatoms. The van der Waals surface area contributed by atoms with Crippen LogP contribution in [0.25, 0.3) is 0 Å². The molecule has 0 aromatic heterocycles. The molecule has 1 rings (SSSR count). The number of aliphatic carboxylic acids is 1. The van der Waals surface area contributed by atoms with Gasteiger partial charge in [0.1, 0.15) is 5.88 Å². The third kappa shape index (κ3) is 4.31. The number of carbonyl (C=O) groups excluding carboxylic acids is 1. The van der Waals surface area contributed by atoms with Crippen LogP contribution >= 0.6 is 11.6 Å². The van der Waals surface area contributed by atoms with E-state index in [1.807, 2.05) is 0 Å². The molecule has 0 aliphatic rings. The minimum absolute atomic E-state index is 0.00825. The monoisotopic (exact) mass is 241 g/mol. The minimum Gasteiger partial charge on any atom is -0.481 e. The molecule has 4 nitrogen and oxygen atoms in total. The number of alkyl halides is 1. The Morgan fingerprint density at radius 2 is 1.75 bits per heavy atom. The maximum Gasteiger partial charge on any atom is 0.307 e. The molecule has 0 radical (unpaired) electrons. The second kappa shape index (κ2) is 6.12. The van der Waals surface area contributed by atoms with Gasteiger partial charge in [0.25, 0.3) is 0 Å². The Balaban J connectivity index is 2.51. The van der Waals surface area contributed by atoms with Crippen molar-refractivity contribution in [2.45, 2.75) is 13.0 Å². The fourth-order valence-electron chi connectivity index (χ4n) is 1.20. The Bertz CT molecular complexity index is 375. The fraction of sp³-hybridized carbons (Fsp3) is 0.273. The highest BCUT2D eigenvalue weighted by atomic mass is 35.5. The topological polar surface area (TPSA) is 66.4 Å². The van der Waals surface area contributed by atoms with E-state index >= 15 is 0 Å². The van der Waals surface area contributed by atoms with Crippen molar-refractivity contribution < 1.29 is 14.7 Å². The van der Waals surface area contributed by atoms with Crippen molar-refractivity contribution in [3.63, 3.8) is 0 Å². The molecule has 0 aliphatic carbocycles. The Kier molecular flexibility index (Phi) is 4.79. The molecule has 1 aromatic rings. The highest BCUT2D eigenvalue weighted by Gasteiger charge is 2.01. The van der Waals surface area contributed by atoms with Gasteiger partial charge in [-0.25, -0.2) is 0 Å². The molecule has 16 heavy (non-hydrogen) atoms. The highest BCUT2D eigenvalue weighted by Crippen LogP contribution is 2.05. The van der Waals surface area contributed by atoms with Crippen molar-refractivity contribution in [3.05, 3.63) is 35.4 Å². The summed E-state index contributed by atoms with van der Waals surface area (Å²) in [6, 6.07) is 7.03. The SMILES string of the molecule is O=C(O)Cc1ccc(CNC(=O)CCl)cc1. The van der Waals surface area contributed by atoms with Gasteiger partial charge < -0.3 is 10.4 Å². The number of amides is 1. The molecule has 0 heterocycles. The van der Waals surface area contributed by atoms with Crippen LogP contribution in [0.1, 0.15) is 11.1 Å². The number of carbonyl (C=O) groups is 2. The number of rotatable bonds is 5. The minimum atomic E-state index is -0.858. The van der Waals surface area contributed by atoms with Crippen LogP contribution in [-0.2, 0) is 22.6 Å². The number of benzene rings is 1. The number of hydrogen-bond donors (Lipinski definition) is 2. The Labute approximate surface area is 98.2 Å². The molecule has 1 amide bonds. The lowest BCUT2D eigenvalue weighted by atomic mass is 10.1. The van der Waals surface area contributed by atoms with Crippen LogP contribution in [0.15, 0.2) is 24.3 Å². The lowest BCUT2D eigenvalue weighted by molar-refractivity contribution is -0.136. The van der Waals surface area contributed by atoms with E-state index in [0.717, 1.165) is 11.1 Å². The van der Waals surface area contributed by atoms with E-state index in [2.05, 4.69) is 5.32 Å². The molecule has 0 unspecified atom stereocenters. The van der Waals surface area contributed by atoms with E-state index < -0.39 is 5.97 Å². The Morgan fingerprint density at radius 3 is 2.25 bits per heavy atom. The highest BCUT2D eigenvalue weighted by molar-refractivity contribution is 6.27. The van der Waals surface area contributed by atoms with E-state index in [1.165, 1.54) is 0 Å². The van der Waals surface area contributed by atoms with Crippen LogP contribution in [0.5, 0.6) is 0 Å². The molecule has 0 aliphatic heterocycles. The van der Waals surface area contributed by atoms with Crippen LogP contribution in [-0.4, -0.2) is 22.9 Å². The summed E-state index contributed by atoms with van der Waals surface area (Å²) in [7, 11) is 0. The number of carboxylic acids is 1. The third-order valence-corrected chi connectivity index (χ3v) is 2.23. The predicted octanol–water partition coefficient (Wildman–Crippen LogP) is 1.17. The molecule has 0 fully saturated rings. The first-order chi connectivity index (χ1) is 7.61. The normalized spacial score (nSPS) is 9.81. The summed E-state index contributed by atoms with van der Waals surface area (Å²) in [5.74, 6) is -1.14. The summed E-state index contributed by atoms with van der Waals surface area (Å²) < 4.78 is 0. The second-order valence-electron chi connectivity index (χ2n) is 3.30. The van der Waals surface area contributed by atoms with Gasteiger partial charge in [-0.15, -0.1) is 11.6 Å². The number of carboxylic acid groups (broad SMARTS) is 1. The van der Waals surface area contributed by atoms with Crippen molar-refractivity contribution in [3.8, 4) is 0 Å². The van der Waals surface area contributed by atoms with Crippen molar-refractivity contribution in [1.82, 2.24) is 5.32 Å². The molecule has 0 atom stereocenters. The van der Waals surface area contributed by atoms with Gasteiger partial charge in [0.15, 0.2) is 0 Å². The van der Waals surface area contributed by atoms with E-state index in [1.54, 1.807) is 24.3 Å². The average molecular weight is 242 g/mol. The van der Waals surface area contributed by atoms with Crippen LogP contribution in [0.2, 0.25) is 0 Å². The molecular weight excluding hydrogens is 230 g/mol. The first-order valence-electron chi connectivity index (χ1n) is 4.74. The Morgan fingerprint density at radius 1 is 1.19 bits per heavy atom. The van der Waals surface area contributed by atoms with E-state index in [-0.39, 0.29) is 18.2 Å². The predicted molar refractivity (Wildman–Crippen MR) is 60.3 cm³/mol. The van der Waals surface area contributed by atoms with Gasteiger partial charge in [0.05, 0.1) is 6.42 Å². The average Bonchev–Trinajstić information content (AvgIpc) is 2.27. The summed E-state index contributed by atoms with van der Waals surface area (Å²) >= 11 is 5.32. The maximum atomic E-state index is 10.9. The first kappa shape index (κ1) is 12.5. The third-order valence-electron chi connectivity index (χ3n) is 1.99. The lowest BCUT2D eigenvalue weighted by Gasteiger charge is -2.04. The second-order valence-corrected chi connectivity index (χ2v) is 3.56. The zero-order valence-electron chi connectivity index (χ0n) is 8.57. The van der Waals surface area contributed by atoms with Crippen LogP contribution < -0.4 is 5.32 Å². The van der Waals surface area contributed by atoms with E-state index in [4.69, 9.17) is 16.7 Å². The molecule has 86 valence electrons. The van der Waals surface area contributed by atoms with Crippen LogP contribution in [0.4, 0.5) is 0 Å². The van der Waals surface area contributed by atoms with Gasteiger partial charge in [-0.3, -0.25) is 9.59 Å². The van der Waals surface area contributed by atoms with Gasteiger partial charge in [0.2, 0.25) is 5.91 Å². The van der Waals surface area contributed by atoms with E-state index in [0.29, 0.717) is 6.54 Å². The molecule has 0 spiro atoms. The number of halogens is 1. The standard InChI is InChI=1S/C11H12ClNO3/c12-6-10(14)13-7-9-3-1-8(2-4-9)5-11(15)16/h1-4H,5-7H2,(H,13,14)(H,15,16). The quantitative estimate of drug-likeness (QED) is 0.761. The molecule has 0 bridgehead atoms. The van der Waals surface area contributed by atoms with Gasteiger partial charge in [-0.2, -0.15) is 0 Å². The summed E-state index contributed by atoms with van der Waals surface area (Å²) in [4.78, 5) is 21.3. The van der Waals surface area contributed by atoms with E-state index in [9.17, 15) is 9.59 Å². The zero-order valence-corrected chi connectivity index (χ0v) is 9.33. The fourth-order valence-corrected chi connectivity index (χ4v) is 1.29. The Hall–Kier alpha value is -1.55. The van der Waals surface area contributed by atoms with Gasteiger partial charge in [-0.1, -0.05) is 24.3 Å². The lowest BCUT2D eigenvalue weighted by Crippen LogP contribution is -2.23. The smallest absolute Gasteiger partial charge is 0.307 e. The summed E-state index contributed by atoms with van der Waals surface area (Å²) in [5.41, 5.74) is 1.65. The van der Waals surface area contributed by atoms with Gasteiger partial charge in [-0.05, 0) is 11.1 Å². The molecule has 0 saturated carbocycles. The summed E-state index contributed by atoms with van der Waals surface area (Å²) in [6.07, 6.45) is 0.00825. The molecule has 1 aromatic carbocycles. The first-order valence-corrected chi connectivity index (χ1v) is 5.27. The van der Waals surface area contributed by atoms with Gasteiger partial charge in [0, 0.05) is 6.54 Å². The van der Waals surface area contributed by atoms with Crippen molar-refractivity contribution in [1.29, 1.82) is 0 Å². The summed E-state index contributed by atoms with van der Waals surface area (Å²) in [6.45, 7) is 0.402. The van der Waals surface area contributed by atoms with Crippen molar-refractivity contribution in [2.24, 2.45) is 0 Å². The molecule has 2 N–H and O–H groups in total. The van der Waals surface area contributed by atoms with Crippen LogP contribution in [0, 0.1) is 0 Å². The molecule has 0 saturated heterocycles.